The second kappa shape index (κ2) is 4.61. The van der Waals surface area contributed by atoms with Crippen molar-refractivity contribution >= 4 is 5.91 Å². The van der Waals surface area contributed by atoms with E-state index in [0.717, 1.165) is 25.1 Å². The van der Waals surface area contributed by atoms with Gasteiger partial charge < -0.3 is 14.6 Å². The van der Waals surface area contributed by atoms with E-state index in [0.29, 0.717) is 6.54 Å². The molecule has 0 bridgehead atoms. The number of amides is 1. The van der Waals surface area contributed by atoms with Crippen LogP contribution in [0.2, 0.25) is 0 Å². The van der Waals surface area contributed by atoms with E-state index in [1.807, 2.05) is 11.6 Å². The van der Waals surface area contributed by atoms with Crippen LogP contribution < -0.4 is 0 Å². The molecular formula is C10H16N4O2. The van der Waals surface area contributed by atoms with Gasteiger partial charge in [-0.05, 0) is 19.3 Å². The molecule has 0 spiro atoms. The first-order chi connectivity index (χ1) is 7.74. The van der Waals surface area contributed by atoms with Gasteiger partial charge in [0.2, 0.25) is 5.91 Å². The van der Waals surface area contributed by atoms with Gasteiger partial charge >= 0.3 is 0 Å². The Morgan fingerprint density at radius 2 is 2.44 bits per heavy atom. The predicted octanol–water partition coefficient (Wildman–Crippen LogP) is -0.139. The summed E-state index contributed by atoms with van der Waals surface area (Å²) < 4.78 is 1.83. The van der Waals surface area contributed by atoms with E-state index in [4.69, 9.17) is 5.11 Å². The predicted molar refractivity (Wildman–Crippen MR) is 56.4 cm³/mol. The Labute approximate surface area is 93.9 Å². The molecule has 1 unspecified atom stereocenters. The summed E-state index contributed by atoms with van der Waals surface area (Å²) in [4.78, 5) is 13.3. The number of aryl methyl sites for hydroxylation is 1. The molecule has 1 atom stereocenters. The molecule has 0 saturated carbocycles. The summed E-state index contributed by atoms with van der Waals surface area (Å²) in [6.07, 6.45) is 4.58. The minimum atomic E-state index is -0.436. The van der Waals surface area contributed by atoms with Crippen molar-refractivity contribution in [2.24, 2.45) is 7.05 Å². The van der Waals surface area contributed by atoms with E-state index >= 15 is 0 Å². The SMILES string of the molecule is Cn1cnnc1C1CCCCN1C(=O)CO. The molecule has 0 radical (unpaired) electrons. The van der Waals surface area contributed by atoms with Crippen molar-refractivity contribution in [1.29, 1.82) is 0 Å². The molecule has 1 fully saturated rings. The first kappa shape index (κ1) is 11.1. The third-order valence-electron chi connectivity index (χ3n) is 3.00. The molecule has 1 saturated heterocycles. The van der Waals surface area contributed by atoms with Crippen molar-refractivity contribution in [3.63, 3.8) is 0 Å². The molecular weight excluding hydrogens is 208 g/mol. The largest absolute Gasteiger partial charge is 0.387 e. The average molecular weight is 224 g/mol. The Kier molecular flexibility index (Phi) is 3.19. The number of aromatic nitrogens is 3. The van der Waals surface area contributed by atoms with Gasteiger partial charge in [0.15, 0.2) is 5.82 Å². The first-order valence-electron chi connectivity index (χ1n) is 5.48. The molecule has 1 aliphatic heterocycles. The van der Waals surface area contributed by atoms with Crippen LogP contribution in [0.5, 0.6) is 0 Å². The molecule has 2 heterocycles. The van der Waals surface area contributed by atoms with Gasteiger partial charge in [-0.1, -0.05) is 0 Å². The fourth-order valence-electron chi connectivity index (χ4n) is 2.18. The van der Waals surface area contributed by atoms with E-state index in [1.165, 1.54) is 0 Å². The quantitative estimate of drug-likeness (QED) is 0.759. The summed E-state index contributed by atoms with van der Waals surface area (Å²) in [5.41, 5.74) is 0. The zero-order valence-electron chi connectivity index (χ0n) is 9.33. The van der Waals surface area contributed by atoms with Crippen molar-refractivity contribution in [1.82, 2.24) is 19.7 Å². The summed E-state index contributed by atoms with van der Waals surface area (Å²) in [5, 5.41) is 16.8. The number of carbonyl (C=O) groups is 1. The highest BCUT2D eigenvalue weighted by Gasteiger charge is 2.30. The lowest BCUT2D eigenvalue weighted by molar-refractivity contribution is -0.138. The van der Waals surface area contributed by atoms with Crippen molar-refractivity contribution in [2.75, 3.05) is 13.2 Å². The second-order valence-corrected chi connectivity index (χ2v) is 4.06. The minimum Gasteiger partial charge on any atom is -0.387 e. The topological polar surface area (TPSA) is 71.2 Å². The molecule has 1 aliphatic rings. The Morgan fingerprint density at radius 3 is 3.06 bits per heavy atom. The van der Waals surface area contributed by atoms with Gasteiger partial charge in [0.05, 0.1) is 6.04 Å². The maximum atomic E-state index is 11.6. The number of nitrogens with zero attached hydrogens (tertiary/aromatic N) is 4. The highest BCUT2D eigenvalue weighted by molar-refractivity contribution is 5.77. The van der Waals surface area contributed by atoms with Crippen LogP contribution in [0.1, 0.15) is 31.1 Å². The van der Waals surface area contributed by atoms with Gasteiger partial charge in [-0.3, -0.25) is 4.79 Å². The second-order valence-electron chi connectivity index (χ2n) is 4.06. The van der Waals surface area contributed by atoms with Crippen LogP contribution in [0.3, 0.4) is 0 Å². The van der Waals surface area contributed by atoms with Crippen molar-refractivity contribution < 1.29 is 9.90 Å². The van der Waals surface area contributed by atoms with Gasteiger partial charge in [-0.25, -0.2) is 0 Å². The van der Waals surface area contributed by atoms with Gasteiger partial charge in [0.25, 0.3) is 0 Å². The third kappa shape index (κ3) is 1.92. The molecule has 6 heteroatoms. The summed E-state index contributed by atoms with van der Waals surface area (Å²) in [6.45, 7) is 0.255. The Hall–Kier alpha value is -1.43. The fraction of sp³-hybridized carbons (Fsp3) is 0.700. The highest BCUT2D eigenvalue weighted by Crippen LogP contribution is 2.29. The van der Waals surface area contributed by atoms with E-state index in [9.17, 15) is 4.79 Å². The van der Waals surface area contributed by atoms with Crippen LogP contribution in [-0.4, -0.2) is 43.8 Å². The molecule has 6 nitrogen and oxygen atoms in total. The van der Waals surface area contributed by atoms with E-state index in [1.54, 1.807) is 11.2 Å². The monoisotopic (exact) mass is 224 g/mol. The number of rotatable bonds is 2. The van der Waals surface area contributed by atoms with Crippen molar-refractivity contribution in [3.05, 3.63) is 12.2 Å². The summed E-state index contributed by atoms with van der Waals surface area (Å²) >= 11 is 0. The van der Waals surface area contributed by atoms with Gasteiger partial charge in [-0.15, -0.1) is 10.2 Å². The number of aliphatic hydroxyl groups is 1. The minimum absolute atomic E-state index is 0.0408. The fourth-order valence-corrected chi connectivity index (χ4v) is 2.18. The Balaban J connectivity index is 2.23. The molecule has 1 aromatic heterocycles. The van der Waals surface area contributed by atoms with E-state index in [-0.39, 0.29) is 11.9 Å². The lowest BCUT2D eigenvalue weighted by Crippen LogP contribution is -2.41. The Morgan fingerprint density at radius 1 is 1.62 bits per heavy atom. The van der Waals surface area contributed by atoms with Crippen LogP contribution in [-0.2, 0) is 11.8 Å². The summed E-state index contributed by atoms with van der Waals surface area (Å²) in [5.74, 6) is 0.564. The molecule has 1 aromatic rings. The number of likely N-dealkylation sites (tertiary alicyclic amines) is 1. The van der Waals surface area contributed by atoms with Gasteiger partial charge in [0.1, 0.15) is 12.9 Å². The lowest BCUT2D eigenvalue weighted by Gasteiger charge is -2.34. The number of hydrogen-bond acceptors (Lipinski definition) is 4. The average Bonchev–Trinajstić information content (AvgIpc) is 2.74. The molecule has 2 rings (SSSR count). The lowest BCUT2D eigenvalue weighted by atomic mass is 10.0. The molecule has 1 amide bonds. The Bertz CT molecular complexity index is 377. The van der Waals surface area contributed by atoms with Crippen LogP contribution >= 0.6 is 0 Å². The molecule has 16 heavy (non-hydrogen) atoms. The zero-order chi connectivity index (χ0) is 11.5. The van der Waals surface area contributed by atoms with Crippen LogP contribution in [0.25, 0.3) is 0 Å². The first-order valence-corrected chi connectivity index (χ1v) is 5.48. The number of piperidine rings is 1. The number of hydrogen-bond donors (Lipinski definition) is 1. The van der Waals surface area contributed by atoms with Gasteiger partial charge in [0, 0.05) is 13.6 Å². The van der Waals surface area contributed by atoms with Crippen LogP contribution in [0.15, 0.2) is 6.33 Å². The normalized spacial score (nSPS) is 21.1. The zero-order valence-corrected chi connectivity index (χ0v) is 9.33. The van der Waals surface area contributed by atoms with Crippen LogP contribution in [0.4, 0.5) is 0 Å². The van der Waals surface area contributed by atoms with Crippen LogP contribution in [0, 0.1) is 0 Å². The smallest absolute Gasteiger partial charge is 0.248 e. The summed E-state index contributed by atoms with van der Waals surface area (Å²) in [7, 11) is 1.87. The summed E-state index contributed by atoms with van der Waals surface area (Å²) in [6, 6.07) is -0.0408. The molecule has 1 N–H and O–H groups in total. The maximum Gasteiger partial charge on any atom is 0.248 e. The molecule has 88 valence electrons. The highest BCUT2D eigenvalue weighted by atomic mass is 16.3. The molecule has 0 aromatic carbocycles. The van der Waals surface area contributed by atoms with Crippen molar-refractivity contribution in [3.8, 4) is 0 Å². The number of aliphatic hydroxyl groups excluding tert-OH is 1. The van der Waals surface area contributed by atoms with E-state index in [2.05, 4.69) is 10.2 Å². The maximum absolute atomic E-state index is 11.6. The number of carbonyl (C=O) groups excluding carboxylic acids is 1. The molecule has 0 aliphatic carbocycles. The third-order valence-corrected chi connectivity index (χ3v) is 3.00. The standard InChI is InChI=1S/C10H16N4O2/c1-13-7-11-12-10(13)8-4-2-3-5-14(8)9(16)6-15/h7-8,15H,2-6H2,1H3. The van der Waals surface area contributed by atoms with Crippen molar-refractivity contribution in [2.45, 2.75) is 25.3 Å². The van der Waals surface area contributed by atoms with Gasteiger partial charge in [-0.2, -0.15) is 0 Å². The van der Waals surface area contributed by atoms with E-state index < -0.39 is 6.61 Å².